The van der Waals surface area contributed by atoms with Gasteiger partial charge < -0.3 is 4.57 Å². The summed E-state index contributed by atoms with van der Waals surface area (Å²) in [7, 11) is 1.93. The first kappa shape index (κ1) is 9.62. The molecule has 0 radical (unpaired) electrons. The predicted octanol–water partition coefficient (Wildman–Crippen LogP) is 3.03. The topological polar surface area (TPSA) is 17.8 Å². The second kappa shape index (κ2) is 3.67. The maximum absolute atomic E-state index is 5.90. The van der Waals surface area contributed by atoms with E-state index in [1.165, 1.54) is 0 Å². The predicted molar refractivity (Wildman–Crippen MR) is 60.9 cm³/mol. The quantitative estimate of drug-likeness (QED) is 0.738. The molecule has 14 heavy (non-hydrogen) atoms. The molecule has 1 heterocycles. The fourth-order valence-corrected chi connectivity index (χ4v) is 1.80. The van der Waals surface area contributed by atoms with E-state index in [0.29, 0.717) is 10.0 Å². The molecule has 0 N–H and O–H groups in total. The van der Waals surface area contributed by atoms with Crippen LogP contribution in [0, 0.1) is 0 Å². The zero-order chi connectivity index (χ0) is 10.1. The minimum Gasteiger partial charge on any atom is -0.333 e. The van der Waals surface area contributed by atoms with E-state index in [0.717, 1.165) is 11.4 Å². The fraction of sp³-hybridized carbons (Fsp3) is 0.100. The molecular formula is C10H9ClN2S. The van der Waals surface area contributed by atoms with Gasteiger partial charge in [-0.1, -0.05) is 23.7 Å². The zero-order valence-electron chi connectivity index (χ0n) is 7.61. The van der Waals surface area contributed by atoms with Crippen molar-refractivity contribution in [3.05, 3.63) is 35.5 Å². The van der Waals surface area contributed by atoms with Crippen LogP contribution in [0.1, 0.15) is 0 Å². The molecule has 0 saturated heterocycles. The summed E-state index contributed by atoms with van der Waals surface area (Å²) in [4.78, 5) is 4.29. The molecule has 0 atom stereocenters. The Bertz CT molecular complexity index is 465. The highest BCUT2D eigenvalue weighted by Crippen LogP contribution is 2.22. The van der Waals surface area contributed by atoms with Gasteiger partial charge in [-0.05, 0) is 12.1 Å². The lowest BCUT2D eigenvalue weighted by atomic mass is 10.2. The van der Waals surface area contributed by atoms with Gasteiger partial charge in [0.25, 0.3) is 0 Å². The summed E-state index contributed by atoms with van der Waals surface area (Å²) in [6.07, 6.45) is 1.86. The van der Waals surface area contributed by atoms with Crippen molar-refractivity contribution in [1.82, 2.24) is 9.55 Å². The Morgan fingerprint density at radius 1 is 1.43 bits per heavy atom. The molecule has 0 aliphatic rings. The Morgan fingerprint density at radius 3 is 2.79 bits per heavy atom. The number of aromatic nitrogens is 2. The summed E-state index contributed by atoms with van der Waals surface area (Å²) in [5.41, 5.74) is 1.00. The molecule has 1 aromatic heterocycles. The van der Waals surface area contributed by atoms with Crippen molar-refractivity contribution in [2.24, 2.45) is 7.05 Å². The molecular weight excluding hydrogens is 216 g/mol. The van der Waals surface area contributed by atoms with Crippen molar-refractivity contribution < 1.29 is 0 Å². The van der Waals surface area contributed by atoms with Gasteiger partial charge in [-0.3, -0.25) is 0 Å². The first-order valence-corrected chi connectivity index (χ1v) is 4.97. The van der Waals surface area contributed by atoms with Gasteiger partial charge in [0, 0.05) is 23.8 Å². The van der Waals surface area contributed by atoms with Crippen LogP contribution in [0.2, 0.25) is 5.02 Å². The number of aryl methyl sites for hydroxylation is 1. The summed E-state index contributed by atoms with van der Waals surface area (Å²) in [5, 5.41) is 1.42. The van der Waals surface area contributed by atoms with E-state index in [1.807, 2.05) is 42.1 Å². The average Bonchev–Trinajstić information content (AvgIpc) is 2.45. The summed E-state index contributed by atoms with van der Waals surface area (Å²) in [6, 6.07) is 7.61. The molecule has 0 aliphatic carbocycles. The van der Waals surface area contributed by atoms with Crippen molar-refractivity contribution in [2.75, 3.05) is 0 Å². The first-order chi connectivity index (χ1) is 6.66. The number of hydrogen-bond acceptors (Lipinski definition) is 2. The van der Waals surface area contributed by atoms with E-state index in [1.54, 1.807) is 0 Å². The lowest BCUT2D eigenvalue weighted by Gasteiger charge is -2.01. The summed E-state index contributed by atoms with van der Waals surface area (Å²) >= 11 is 10.1. The fourth-order valence-electron chi connectivity index (χ4n) is 1.35. The minimum absolute atomic E-state index is 0.711. The maximum Gasteiger partial charge on any atom is 0.141 e. The number of halogens is 1. The van der Waals surface area contributed by atoms with Gasteiger partial charge in [0.15, 0.2) is 0 Å². The van der Waals surface area contributed by atoms with Crippen LogP contribution in [0.4, 0.5) is 0 Å². The molecule has 1 aromatic carbocycles. The van der Waals surface area contributed by atoms with E-state index >= 15 is 0 Å². The number of thiol groups is 1. The Labute approximate surface area is 93.0 Å². The van der Waals surface area contributed by atoms with Crippen LogP contribution in [-0.4, -0.2) is 9.55 Å². The van der Waals surface area contributed by atoms with Crippen molar-refractivity contribution in [3.8, 4) is 11.4 Å². The van der Waals surface area contributed by atoms with Crippen molar-refractivity contribution >= 4 is 24.2 Å². The largest absolute Gasteiger partial charge is 0.333 e. The van der Waals surface area contributed by atoms with Crippen molar-refractivity contribution in [1.29, 1.82) is 0 Å². The van der Waals surface area contributed by atoms with Crippen LogP contribution in [-0.2, 0) is 7.05 Å². The van der Waals surface area contributed by atoms with Gasteiger partial charge in [-0.25, -0.2) is 4.98 Å². The zero-order valence-corrected chi connectivity index (χ0v) is 9.26. The van der Waals surface area contributed by atoms with Gasteiger partial charge in [0.1, 0.15) is 10.9 Å². The van der Waals surface area contributed by atoms with E-state index in [9.17, 15) is 0 Å². The summed E-state index contributed by atoms with van der Waals surface area (Å²) in [5.74, 6) is 0.873. The molecule has 4 heteroatoms. The number of rotatable bonds is 1. The minimum atomic E-state index is 0.711. The number of nitrogens with zero attached hydrogens (tertiary/aromatic N) is 2. The molecule has 0 spiro atoms. The van der Waals surface area contributed by atoms with E-state index < -0.39 is 0 Å². The summed E-state index contributed by atoms with van der Waals surface area (Å²) < 4.78 is 1.92. The molecule has 0 fully saturated rings. The van der Waals surface area contributed by atoms with Crippen molar-refractivity contribution in [3.63, 3.8) is 0 Å². The third kappa shape index (κ3) is 1.79. The monoisotopic (exact) mass is 224 g/mol. The van der Waals surface area contributed by atoms with E-state index in [2.05, 4.69) is 17.6 Å². The number of imidazole rings is 1. The van der Waals surface area contributed by atoms with Crippen LogP contribution in [0.15, 0.2) is 35.5 Å². The molecule has 0 saturated carbocycles. The van der Waals surface area contributed by atoms with Crippen LogP contribution in [0.25, 0.3) is 11.4 Å². The van der Waals surface area contributed by atoms with E-state index in [-0.39, 0.29) is 0 Å². The molecule has 0 amide bonds. The molecule has 2 aromatic rings. The van der Waals surface area contributed by atoms with Crippen LogP contribution >= 0.6 is 24.2 Å². The second-order valence-electron chi connectivity index (χ2n) is 3.04. The van der Waals surface area contributed by atoms with Crippen LogP contribution in [0.5, 0.6) is 0 Å². The van der Waals surface area contributed by atoms with Crippen LogP contribution in [0.3, 0.4) is 0 Å². The number of hydrogen-bond donors (Lipinski definition) is 1. The van der Waals surface area contributed by atoms with Gasteiger partial charge in [0.05, 0.1) is 0 Å². The molecule has 2 nitrogen and oxygen atoms in total. The third-order valence-electron chi connectivity index (χ3n) is 1.95. The van der Waals surface area contributed by atoms with Crippen molar-refractivity contribution in [2.45, 2.75) is 5.03 Å². The third-order valence-corrected chi connectivity index (χ3v) is 2.40. The first-order valence-electron chi connectivity index (χ1n) is 4.15. The smallest absolute Gasteiger partial charge is 0.141 e. The highest BCUT2D eigenvalue weighted by atomic mass is 35.5. The van der Waals surface area contributed by atoms with Gasteiger partial charge in [-0.2, -0.15) is 0 Å². The summed E-state index contributed by atoms with van der Waals surface area (Å²) in [6.45, 7) is 0. The Hall–Kier alpha value is -0.930. The molecule has 0 bridgehead atoms. The lowest BCUT2D eigenvalue weighted by Crippen LogP contribution is -1.90. The molecule has 72 valence electrons. The average molecular weight is 225 g/mol. The van der Waals surface area contributed by atoms with Gasteiger partial charge >= 0.3 is 0 Å². The highest BCUT2D eigenvalue weighted by molar-refractivity contribution is 7.80. The molecule has 0 aliphatic heterocycles. The molecule has 2 rings (SSSR count). The normalized spacial score (nSPS) is 10.5. The SMILES string of the molecule is Cn1cc(S)nc1-c1cccc(Cl)c1. The second-order valence-corrected chi connectivity index (χ2v) is 3.94. The standard InChI is InChI=1S/C10H9ClN2S/c1-13-6-9(14)12-10(13)7-3-2-4-8(11)5-7/h2-6,14H,1H3. The molecule has 0 unspecified atom stereocenters. The van der Waals surface area contributed by atoms with Crippen LogP contribution < -0.4 is 0 Å². The number of benzene rings is 1. The van der Waals surface area contributed by atoms with E-state index in [4.69, 9.17) is 11.6 Å². The lowest BCUT2D eigenvalue weighted by molar-refractivity contribution is 0.923. The Morgan fingerprint density at radius 2 is 2.21 bits per heavy atom. The van der Waals surface area contributed by atoms with Gasteiger partial charge in [0.2, 0.25) is 0 Å². The Balaban J connectivity index is 2.54. The Kier molecular flexibility index (Phi) is 2.52. The highest BCUT2D eigenvalue weighted by Gasteiger charge is 2.05. The maximum atomic E-state index is 5.90. The van der Waals surface area contributed by atoms with Gasteiger partial charge in [-0.15, -0.1) is 12.6 Å².